The molecule has 18 heavy (non-hydrogen) atoms. The Hall–Kier alpha value is -1.64. The van der Waals surface area contributed by atoms with Gasteiger partial charge in [0.2, 0.25) is 0 Å². The van der Waals surface area contributed by atoms with Gasteiger partial charge in [0, 0.05) is 5.56 Å². The minimum Gasteiger partial charge on any atom is -0.343 e. The third-order valence-corrected chi connectivity index (χ3v) is 3.35. The lowest BCUT2D eigenvalue weighted by Gasteiger charge is -2.23. The highest BCUT2D eigenvalue weighted by Crippen LogP contribution is 2.39. The fourth-order valence-corrected chi connectivity index (χ4v) is 2.30. The molecule has 92 valence electrons. The van der Waals surface area contributed by atoms with Crippen LogP contribution in [0.25, 0.3) is 0 Å². The lowest BCUT2D eigenvalue weighted by atomic mass is 10.1. The zero-order chi connectivity index (χ0) is 12.4. The van der Waals surface area contributed by atoms with Crippen LogP contribution in [-0.4, -0.2) is 6.61 Å². The van der Waals surface area contributed by atoms with Gasteiger partial charge in [-0.3, -0.25) is 0 Å². The smallest absolute Gasteiger partial charge is 0.192 e. The molecular weight excluding hydrogens is 224 g/mol. The Bertz CT molecular complexity index is 509. The highest BCUT2D eigenvalue weighted by atomic mass is 16.7. The first-order valence-electron chi connectivity index (χ1n) is 6.20. The van der Waals surface area contributed by atoms with Crippen LogP contribution in [0.1, 0.15) is 24.2 Å². The summed E-state index contributed by atoms with van der Waals surface area (Å²) in [4.78, 5) is 0. The summed E-state index contributed by atoms with van der Waals surface area (Å²) in [5.74, 6) is -0.637. The topological polar surface area (TPSA) is 18.5 Å². The van der Waals surface area contributed by atoms with Crippen molar-refractivity contribution >= 4 is 0 Å². The van der Waals surface area contributed by atoms with E-state index in [4.69, 9.17) is 9.47 Å². The predicted octanol–water partition coefficient (Wildman–Crippen LogP) is 3.65. The first-order chi connectivity index (χ1) is 8.78. The Morgan fingerprint density at radius 3 is 2.22 bits per heavy atom. The molecule has 0 aliphatic carbocycles. The van der Waals surface area contributed by atoms with Crippen molar-refractivity contribution in [2.45, 2.75) is 18.8 Å². The van der Waals surface area contributed by atoms with Crippen molar-refractivity contribution in [2.24, 2.45) is 0 Å². The monoisotopic (exact) mass is 240 g/mol. The number of benzene rings is 2. The molecule has 0 bridgehead atoms. The molecule has 1 heterocycles. The van der Waals surface area contributed by atoms with Gasteiger partial charge in [-0.1, -0.05) is 60.7 Å². The van der Waals surface area contributed by atoms with Gasteiger partial charge in [0.15, 0.2) is 5.79 Å². The molecule has 0 aromatic heterocycles. The van der Waals surface area contributed by atoms with Gasteiger partial charge in [-0.05, 0) is 12.5 Å². The van der Waals surface area contributed by atoms with Gasteiger partial charge in [0.05, 0.1) is 6.61 Å². The van der Waals surface area contributed by atoms with Crippen LogP contribution < -0.4 is 0 Å². The highest BCUT2D eigenvalue weighted by Gasteiger charge is 2.39. The average molecular weight is 240 g/mol. The maximum atomic E-state index is 6.10. The van der Waals surface area contributed by atoms with Crippen LogP contribution in [0.3, 0.4) is 0 Å². The van der Waals surface area contributed by atoms with Crippen LogP contribution in [0.4, 0.5) is 0 Å². The largest absolute Gasteiger partial charge is 0.343 e. The Kier molecular flexibility index (Phi) is 2.90. The Balaban J connectivity index is 1.83. The molecule has 1 aliphatic heterocycles. The van der Waals surface area contributed by atoms with E-state index < -0.39 is 5.79 Å². The second-order valence-electron chi connectivity index (χ2n) is 4.64. The SMILES string of the molecule is C[C@]1(c2ccccc2)OC[C@H](c2ccccc2)O1. The van der Waals surface area contributed by atoms with E-state index in [1.54, 1.807) is 0 Å². The Labute approximate surface area is 107 Å². The molecule has 1 aliphatic rings. The summed E-state index contributed by atoms with van der Waals surface area (Å²) >= 11 is 0. The summed E-state index contributed by atoms with van der Waals surface area (Å²) in [5.41, 5.74) is 2.22. The zero-order valence-corrected chi connectivity index (χ0v) is 10.4. The van der Waals surface area contributed by atoms with Crippen molar-refractivity contribution in [1.29, 1.82) is 0 Å². The van der Waals surface area contributed by atoms with Crippen molar-refractivity contribution in [3.63, 3.8) is 0 Å². The van der Waals surface area contributed by atoms with Crippen LogP contribution in [0.15, 0.2) is 60.7 Å². The van der Waals surface area contributed by atoms with Crippen LogP contribution in [0.5, 0.6) is 0 Å². The van der Waals surface area contributed by atoms with Crippen molar-refractivity contribution < 1.29 is 9.47 Å². The Morgan fingerprint density at radius 1 is 0.944 bits per heavy atom. The van der Waals surface area contributed by atoms with E-state index in [2.05, 4.69) is 12.1 Å². The standard InChI is InChI=1S/C16H16O2/c1-16(14-10-6-3-7-11-14)17-12-15(18-16)13-8-4-2-5-9-13/h2-11,15H,12H2,1H3/t15-,16+/m1/s1. The van der Waals surface area contributed by atoms with E-state index in [1.807, 2.05) is 55.5 Å². The molecule has 0 amide bonds. The van der Waals surface area contributed by atoms with Gasteiger partial charge in [-0.2, -0.15) is 0 Å². The van der Waals surface area contributed by atoms with Gasteiger partial charge >= 0.3 is 0 Å². The Morgan fingerprint density at radius 2 is 1.56 bits per heavy atom. The quantitative estimate of drug-likeness (QED) is 0.797. The van der Waals surface area contributed by atoms with Gasteiger partial charge in [0.25, 0.3) is 0 Å². The predicted molar refractivity (Wildman–Crippen MR) is 70.0 cm³/mol. The van der Waals surface area contributed by atoms with Crippen molar-refractivity contribution in [3.8, 4) is 0 Å². The van der Waals surface area contributed by atoms with Crippen LogP contribution in [0, 0.1) is 0 Å². The van der Waals surface area contributed by atoms with E-state index >= 15 is 0 Å². The number of hydrogen-bond donors (Lipinski definition) is 0. The van der Waals surface area contributed by atoms with Crippen LogP contribution in [0.2, 0.25) is 0 Å². The molecule has 0 unspecified atom stereocenters. The number of ether oxygens (including phenoxy) is 2. The van der Waals surface area contributed by atoms with Gasteiger partial charge in [-0.15, -0.1) is 0 Å². The molecular formula is C16H16O2. The molecule has 2 nitrogen and oxygen atoms in total. The summed E-state index contributed by atoms with van der Waals surface area (Å²) in [6.07, 6.45) is 0.0106. The first-order valence-corrected chi connectivity index (χ1v) is 6.20. The van der Waals surface area contributed by atoms with E-state index in [0.717, 1.165) is 11.1 Å². The van der Waals surface area contributed by atoms with Crippen molar-refractivity contribution in [1.82, 2.24) is 0 Å². The average Bonchev–Trinajstić information content (AvgIpc) is 2.85. The van der Waals surface area contributed by atoms with Gasteiger partial charge in [-0.25, -0.2) is 0 Å². The summed E-state index contributed by atoms with van der Waals surface area (Å²) < 4.78 is 12.0. The molecule has 1 saturated heterocycles. The third-order valence-electron chi connectivity index (χ3n) is 3.35. The maximum absolute atomic E-state index is 6.10. The molecule has 2 aromatic carbocycles. The first kappa shape index (κ1) is 11.5. The van der Waals surface area contributed by atoms with Crippen molar-refractivity contribution in [2.75, 3.05) is 6.61 Å². The summed E-state index contributed by atoms with van der Waals surface area (Å²) in [5, 5.41) is 0. The molecule has 1 fully saturated rings. The fraction of sp³-hybridized carbons (Fsp3) is 0.250. The number of rotatable bonds is 2. The third kappa shape index (κ3) is 2.05. The molecule has 2 heteroatoms. The summed E-state index contributed by atoms with van der Waals surface area (Å²) in [6.45, 7) is 2.57. The molecule has 0 radical (unpaired) electrons. The minimum absolute atomic E-state index is 0.0106. The number of hydrogen-bond acceptors (Lipinski definition) is 2. The van der Waals surface area contributed by atoms with Crippen molar-refractivity contribution in [3.05, 3.63) is 71.8 Å². The van der Waals surface area contributed by atoms with Crippen LogP contribution >= 0.6 is 0 Å². The lowest BCUT2D eigenvalue weighted by Crippen LogP contribution is -2.22. The van der Waals surface area contributed by atoms with E-state index in [-0.39, 0.29) is 6.10 Å². The fourth-order valence-electron chi connectivity index (χ4n) is 2.30. The molecule has 2 aromatic rings. The zero-order valence-electron chi connectivity index (χ0n) is 10.4. The minimum atomic E-state index is -0.637. The highest BCUT2D eigenvalue weighted by molar-refractivity contribution is 5.23. The normalized spacial score (nSPS) is 27.3. The van der Waals surface area contributed by atoms with E-state index in [0.29, 0.717) is 6.61 Å². The van der Waals surface area contributed by atoms with E-state index in [9.17, 15) is 0 Å². The second-order valence-corrected chi connectivity index (χ2v) is 4.64. The molecule has 3 rings (SSSR count). The van der Waals surface area contributed by atoms with Gasteiger partial charge in [0.1, 0.15) is 6.10 Å². The maximum Gasteiger partial charge on any atom is 0.192 e. The molecule has 0 N–H and O–H groups in total. The second kappa shape index (κ2) is 4.56. The summed E-state index contributed by atoms with van der Waals surface area (Å²) in [7, 11) is 0. The van der Waals surface area contributed by atoms with E-state index in [1.165, 1.54) is 0 Å². The van der Waals surface area contributed by atoms with Crippen LogP contribution in [-0.2, 0) is 15.3 Å². The molecule has 2 atom stereocenters. The molecule has 0 saturated carbocycles. The molecule has 0 spiro atoms. The van der Waals surface area contributed by atoms with Gasteiger partial charge < -0.3 is 9.47 Å². The lowest BCUT2D eigenvalue weighted by molar-refractivity contribution is -0.162. The summed E-state index contributed by atoms with van der Waals surface area (Å²) in [6, 6.07) is 20.3.